The van der Waals surface area contributed by atoms with Crippen LogP contribution in [0, 0.1) is 11.7 Å². The highest BCUT2D eigenvalue weighted by Crippen LogP contribution is 2.34. The van der Waals surface area contributed by atoms with Crippen LogP contribution in [0.3, 0.4) is 0 Å². The third-order valence-electron chi connectivity index (χ3n) is 3.15. The minimum absolute atomic E-state index is 0.0322. The summed E-state index contributed by atoms with van der Waals surface area (Å²) in [6.45, 7) is 4.47. The van der Waals surface area contributed by atoms with Gasteiger partial charge in [-0.15, -0.1) is 0 Å². The molecular formula is C14H18FNO2. The van der Waals surface area contributed by atoms with Crippen molar-refractivity contribution in [2.24, 2.45) is 5.92 Å². The van der Waals surface area contributed by atoms with E-state index in [4.69, 9.17) is 0 Å². The van der Waals surface area contributed by atoms with E-state index in [1.54, 1.807) is 11.0 Å². The summed E-state index contributed by atoms with van der Waals surface area (Å²) in [6, 6.07) is 4.21. The van der Waals surface area contributed by atoms with Gasteiger partial charge in [0.25, 0.3) is 0 Å². The summed E-state index contributed by atoms with van der Waals surface area (Å²) >= 11 is 0. The Morgan fingerprint density at radius 1 is 1.56 bits per heavy atom. The molecule has 0 aliphatic carbocycles. The number of amides is 1. The second-order valence-electron chi connectivity index (χ2n) is 5.15. The lowest BCUT2D eigenvalue weighted by atomic mass is 9.97. The van der Waals surface area contributed by atoms with Crippen molar-refractivity contribution in [1.82, 2.24) is 0 Å². The molecule has 0 aromatic heterocycles. The zero-order valence-electron chi connectivity index (χ0n) is 10.7. The minimum Gasteiger partial charge on any atom is -0.388 e. The molecular weight excluding hydrogens is 233 g/mol. The molecule has 0 saturated carbocycles. The number of anilines is 1. The SMILES string of the molecule is CC(C)CC(=O)N1CCC(O)c2cc(F)ccc21. The maximum atomic E-state index is 13.2. The van der Waals surface area contributed by atoms with Crippen LogP contribution in [0.15, 0.2) is 18.2 Å². The lowest BCUT2D eigenvalue weighted by Gasteiger charge is -2.32. The van der Waals surface area contributed by atoms with E-state index in [1.165, 1.54) is 12.1 Å². The van der Waals surface area contributed by atoms with Gasteiger partial charge in [0.1, 0.15) is 5.82 Å². The first-order chi connectivity index (χ1) is 8.49. The molecule has 1 atom stereocenters. The molecule has 1 aromatic carbocycles. The van der Waals surface area contributed by atoms with Gasteiger partial charge in [0.05, 0.1) is 6.10 Å². The van der Waals surface area contributed by atoms with E-state index in [0.717, 1.165) is 0 Å². The molecule has 98 valence electrons. The highest BCUT2D eigenvalue weighted by Gasteiger charge is 2.27. The molecule has 4 heteroatoms. The van der Waals surface area contributed by atoms with Gasteiger partial charge in [0, 0.05) is 24.2 Å². The zero-order valence-corrected chi connectivity index (χ0v) is 10.7. The van der Waals surface area contributed by atoms with Crippen molar-refractivity contribution in [1.29, 1.82) is 0 Å². The molecule has 1 amide bonds. The fraction of sp³-hybridized carbons (Fsp3) is 0.500. The van der Waals surface area contributed by atoms with Crippen molar-refractivity contribution >= 4 is 11.6 Å². The second-order valence-corrected chi connectivity index (χ2v) is 5.15. The van der Waals surface area contributed by atoms with Gasteiger partial charge >= 0.3 is 0 Å². The largest absolute Gasteiger partial charge is 0.388 e. The number of hydrogen-bond donors (Lipinski definition) is 1. The first kappa shape index (κ1) is 13.0. The Kier molecular flexibility index (Phi) is 3.66. The smallest absolute Gasteiger partial charge is 0.227 e. The number of carbonyl (C=O) groups is 1. The predicted octanol–water partition coefficient (Wildman–Crippen LogP) is 2.64. The van der Waals surface area contributed by atoms with Crippen LogP contribution in [-0.4, -0.2) is 17.6 Å². The summed E-state index contributed by atoms with van der Waals surface area (Å²) in [5.74, 6) is -0.0658. The number of aliphatic hydroxyl groups is 1. The van der Waals surface area contributed by atoms with E-state index in [2.05, 4.69) is 0 Å². The summed E-state index contributed by atoms with van der Waals surface area (Å²) in [7, 11) is 0. The molecule has 1 unspecified atom stereocenters. The molecule has 2 rings (SSSR count). The monoisotopic (exact) mass is 251 g/mol. The molecule has 0 bridgehead atoms. The molecule has 3 nitrogen and oxygen atoms in total. The van der Waals surface area contributed by atoms with Gasteiger partial charge in [-0.2, -0.15) is 0 Å². The van der Waals surface area contributed by atoms with Crippen LogP contribution in [0.1, 0.15) is 38.4 Å². The summed E-state index contributed by atoms with van der Waals surface area (Å²) < 4.78 is 13.2. The number of halogens is 1. The molecule has 0 spiro atoms. The predicted molar refractivity (Wildman–Crippen MR) is 67.8 cm³/mol. The Morgan fingerprint density at radius 3 is 2.94 bits per heavy atom. The maximum Gasteiger partial charge on any atom is 0.227 e. The first-order valence-electron chi connectivity index (χ1n) is 6.27. The maximum absolute atomic E-state index is 13.2. The van der Waals surface area contributed by atoms with E-state index in [0.29, 0.717) is 30.6 Å². The van der Waals surface area contributed by atoms with Gasteiger partial charge in [-0.1, -0.05) is 13.8 Å². The zero-order chi connectivity index (χ0) is 13.3. The van der Waals surface area contributed by atoms with Gasteiger partial charge < -0.3 is 10.0 Å². The quantitative estimate of drug-likeness (QED) is 0.877. The normalized spacial score (nSPS) is 18.9. The number of hydrogen-bond acceptors (Lipinski definition) is 2. The number of rotatable bonds is 2. The van der Waals surface area contributed by atoms with Crippen LogP contribution >= 0.6 is 0 Å². The van der Waals surface area contributed by atoms with E-state index in [9.17, 15) is 14.3 Å². The number of fused-ring (bicyclic) bond motifs is 1. The van der Waals surface area contributed by atoms with Gasteiger partial charge in [-0.25, -0.2) is 4.39 Å². The minimum atomic E-state index is -0.682. The summed E-state index contributed by atoms with van der Waals surface area (Å²) in [6.07, 6.45) is 0.242. The Bertz CT molecular complexity index is 459. The van der Waals surface area contributed by atoms with Gasteiger partial charge in [0.2, 0.25) is 5.91 Å². The average molecular weight is 251 g/mol. The van der Waals surface area contributed by atoms with Crippen LogP contribution in [-0.2, 0) is 4.79 Å². The molecule has 1 heterocycles. The van der Waals surface area contributed by atoms with Crippen LogP contribution in [0.5, 0.6) is 0 Å². The third kappa shape index (κ3) is 2.53. The number of carbonyl (C=O) groups excluding carboxylic acids is 1. The molecule has 1 N–H and O–H groups in total. The molecule has 1 aliphatic rings. The highest BCUT2D eigenvalue weighted by molar-refractivity contribution is 5.94. The van der Waals surface area contributed by atoms with Crippen molar-refractivity contribution in [2.75, 3.05) is 11.4 Å². The van der Waals surface area contributed by atoms with E-state index < -0.39 is 6.10 Å². The lowest BCUT2D eigenvalue weighted by Crippen LogP contribution is -2.37. The average Bonchev–Trinajstić information content (AvgIpc) is 2.29. The van der Waals surface area contributed by atoms with Crippen molar-refractivity contribution in [2.45, 2.75) is 32.8 Å². The fourth-order valence-electron chi connectivity index (χ4n) is 2.28. The number of aliphatic hydroxyl groups excluding tert-OH is 1. The highest BCUT2D eigenvalue weighted by atomic mass is 19.1. The standard InChI is InChI=1S/C14H18FNO2/c1-9(2)7-14(18)16-6-5-13(17)11-8-10(15)3-4-12(11)16/h3-4,8-9,13,17H,5-7H2,1-2H3. The Morgan fingerprint density at radius 2 is 2.28 bits per heavy atom. The van der Waals surface area contributed by atoms with E-state index >= 15 is 0 Å². The van der Waals surface area contributed by atoms with Crippen molar-refractivity contribution in [3.05, 3.63) is 29.6 Å². The van der Waals surface area contributed by atoms with E-state index in [-0.39, 0.29) is 17.6 Å². The number of benzene rings is 1. The first-order valence-corrected chi connectivity index (χ1v) is 6.27. The molecule has 1 aromatic rings. The summed E-state index contributed by atoms with van der Waals surface area (Å²) in [4.78, 5) is 13.8. The van der Waals surface area contributed by atoms with Crippen LogP contribution in [0.25, 0.3) is 0 Å². The second kappa shape index (κ2) is 5.06. The summed E-state index contributed by atoms with van der Waals surface area (Å²) in [5.41, 5.74) is 1.15. The Hall–Kier alpha value is -1.42. The van der Waals surface area contributed by atoms with Gasteiger partial charge in [-0.05, 0) is 30.5 Å². The van der Waals surface area contributed by atoms with Crippen molar-refractivity contribution in [3.8, 4) is 0 Å². The van der Waals surface area contributed by atoms with Gasteiger partial charge in [-0.3, -0.25) is 4.79 Å². The van der Waals surface area contributed by atoms with Crippen LogP contribution in [0.4, 0.5) is 10.1 Å². The Balaban J connectivity index is 2.31. The number of nitrogens with zero attached hydrogens (tertiary/aromatic N) is 1. The molecule has 1 aliphatic heterocycles. The molecule has 0 fully saturated rings. The van der Waals surface area contributed by atoms with Gasteiger partial charge in [0.15, 0.2) is 0 Å². The summed E-state index contributed by atoms with van der Waals surface area (Å²) in [5, 5.41) is 9.86. The topological polar surface area (TPSA) is 40.5 Å². The third-order valence-corrected chi connectivity index (χ3v) is 3.15. The molecule has 0 radical (unpaired) electrons. The molecule has 0 saturated heterocycles. The lowest BCUT2D eigenvalue weighted by molar-refractivity contribution is -0.119. The Labute approximate surface area is 106 Å². The fourth-order valence-corrected chi connectivity index (χ4v) is 2.28. The van der Waals surface area contributed by atoms with Crippen molar-refractivity contribution < 1.29 is 14.3 Å². The van der Waals surface area contributed by atoms with Crippen LogP contribution in [0.2, 0.25) is 0 Å². The van der Waals surface area contributed by atoms with E-state index in [1.807, 2.05) is 13.8 Å². The van der Waals surface area contributed by atoms with Crippen molar-refractivity contribution in [3.63, 3.8) is 0 Å². The molecule has 18 heavy (non-hydrogen) atoms. The van der Waals surface area contributed by atoms with Crippen LogP contribution < -0.4 is 4.90 Å².